The Morgan fingerprint density at radius 1 is 0.676 bits per heavy atom. The molecule has 0 amide bonds. The number of benzene rings is 2. The maximum atomic E-state index is 13.7. The Bertz CT molecular complexity index is 1310. The first-order valence-corrected chi connectivity index (χ1v) is 12.8. The number of sulfonamides is 2. The van der Waals surface area contributed by atoms with Crippen molar-refractivity contribution in [3.05, 3.63) is 54.6 Å². The van der Waals surface area contributed by atoms with Gasteiger partial charge in [0.05, 0.1) is 6.92 Å². The Labute approximate surface area is 206 Å². The van der Waals surface area contributed by atoms with Crippen LogP contribution in [0.4, 0.5) is 43.9 Å². The molecule has 0 bridgehead atoms. The van der Waals surface area contributed by atoms with Gasteiger partial charge in [0.15, 0.2) is 0 Å². The van der Waals surface area contributed by atoms with E-state index < -0.39 is 57.9 Å². The molecule has 0 heterocycles. The van der Waals surface area contributed by atoms with Gasteiger partial charge in [-0.25, -0.2) is 0 Å². The highest BCUT2D eigenvalue weighted by Gasteiger charge is 2.81. The first-order chi connectivity index (χ1) is 16.6. The molecular formula is C18H12F10NO5S3+. The lowest BCUT2D eigenvalue weighted by atomic mass is 10.3. The van der Waals surface area contributed by atoms with Crippen molar-refractivity contribution in [1.82, 2.24) is 0 Å². The number of hydrogen-bond acceptors (Lipinski definition) is 6. The predicted octanol–water partition coefficient (Wildman–Crippen LogP) is 5.62. The van der Waals surface area contributed by atoms with Gasteiger partial charge in [-0.05, 0) is 36.4 Å². The maximum absolute atomic E-state index is 13.7. The molecule has 0 N–H and O–H groups in total. The molecule has 0 aliphatic heterocycles. The molecule has 0 spiro atoms. The van der Waals surface area contributed by atoms with Gasteiger partial charge >= 0.3 is 48.8 Å². The molecule has 0 unspecified atom stereocenters. The first-order valence-electron chi connectivity index (χ1n) is 9.10. The molecule has 2 aromatic rings. The fourth-order valence-corrected chi connectivity index (χ4v) is 6.56. The lowest BCUT2D eigenvalue weighted by Crippen LogP contribution is -2.57. The Hall–Kier alpha value is -2.54. The number of rotatable bonds is 7. The normalized spacial score (nSPS) is 13.8. The molecule has 6 nitrogen and oxygen atoms in total. The van der Waals surface area contributed by atoms with Crippen LogP contribution in [0.15, 0.2) is 64.4 Å². The van der Waals surface area contributed by atoms with Gasteiger partial charge in [0.2, 0.25) is 0 Å². The lowest BCUT2D eigenvalue weighted by Gasteiger charge is -2.21. The summed E-state index contributed by atoms with van der Waals surface area (Å²) in [6.07, 6.45) is -14.2. The van der Waals surface area contributed by atoms with Gasteiger partial charge in [-0.2, -0.15) is 60.7 Å². The lowest BCUT2D eigenvalue weighted by molar-refractivity contribution is -0.293. The second-order valence-electron chi connectivity index (χ2n) is 6.74. The molecule has 0 aliphatic rings. The van der Waals surface area contributed by atoms with E-state index in [0.717, 1.165) is 23.9 Å². The van der Waals surface area contributed by atoms with Crippen LogP contribution in [0.5, 0.6) is 5.75 Å². The van der Waals surface area contributed by atoms with E-state index in [1.807, 2.05) is 0 Å². The summed E-state index contributed by atoms with van der Waals surface area (Å²) < 4.78 is 181. The maximum Gasteiger partial charge on any atom is 0.502 e. The van der Waals surface area contributed by atoms with E-state index in [1.54, 1.807) is 30.3 Å². The smallest absolute Gasteiger partial charge is 0.407 e. The summed E-state index contributed by atoms with van der Waals surface area (Å²) in [4.78, 5) is 1.13. The topological polar surface area (TPSA) is 80.5 Å². The summed E-state index contributed by atoms with van der Waals surface area (Å²) in [5.74, 6) is -2.91. The Morgan fingerprint density at radius 3 is 1.43 bits per heavy atom. The Kier molecular flexibility index (Phi) is 8.27. The third-order valence-electron chi connectivity index (χ3n) is 4.07. The first kappa shape index (κ1) is 30.7. The van der Waals surface area contributed by atoms with Gasteiger partial charge in [-0.1, -0.05) is 30.0 Å². The fraction of sp³-hybridized carbons (Fsp3) is 0.278. The molecule has 0 radical (unpaired) electrons. The van der Waals surface area contributed by atoms with Crippen molar-refractivity contribution >= 4 is 37.7 Å². The largest absolute Gasteiger partial charge is 0.502 e. The summed E-state index contributed by atoms with van der Waals surface area (Å²) in [5.41, 5.74) is 0. The van der Waals surface area contributed by atoms with Gasteiger partial charge in [-0.3, -0.25) is 0 Å². The van der Waals surface area contributed by atoms with Crippen LogP contribution < -0.4 is 4.74 Å². The molecule has 37 heavy (non-hydrogen) atoms. The average molecular weight is 608 g/mol. The van der Waals surface area contributed by atoms with E-state index in [-0.39, 0.29) is 6.92 Å². The minimum atomic E-state index is -7.89. The van der Waals surface area contributed by atoms with Crippen LogP contribution >= 0.6 is 11.8 Å². The predicted molar refractivity (Wildman–Crippen MR) is 108 cm³/mol. The fourth-order valence-electron chi connectivity index (χ4n) is 2.38. The molecule has 0 fully saturated rings. The van der Waals surface area contributed by atoms with Crippen molar-refractivity contribution < 1.29 is 68.9 Å². The van der Waals surface area contributed by atoms with Crippen LogP contribution in [0, 0.1) is 0 Å². The summed E-state index contributed by atoms with van der Waals surface area (Å²) in [6, 6.07) is 12.6. The zero-order valence-corrected chi connectivity index (χ0v) is 20.1. The highest BCUT2D eigenvalue weighted by molar-refractivity contribution is 7.99. The molecule has 206 valence electrons. The van der Waals surface area contributed by atoms with E-state index in [1.165, 1.54) is 12.1 Å². The van der Waals surface area contributed by atoms with Gasteiger partial charge in [0.25, 0.3) is 0 Å². The number of nitrogens with zero attached hydrogens (tertiary/aromatic N) is 1. The van der Waals surface area contributed by atoms with E-state index in [0.29, 0.717) is 9.79 Å². The minimum Gasteiger partial charge on any atom is -0.407 e. The van der Waals surface area contributed by atoms with Gasteiger partial charge in [0, 0.05) is 13.2 Å². The monoisotopic (exact) mass is 608 g/mol. The van der Waals surface area contributed by atoms with Gasteiger partial charge < -0.3 is 4.74 Å². The summed E-state index contributed by atoms with van der Waals surface area (Å²) in [5, 5.41) is -14.3. The van der Waals surface area contributed by atoms with E-state index in [2.05, 4.69) is 4.74 Å². The Balaban J connectivity index is 2.67. The third kappa shape index (κ3) is 5.82. The van der Waals surface area contributed by atoms with Crippen molar-refractivity contribution in [2.45, 2.75) is 39.6 Å². The van der Waals surface area contributed by atoms with E-state index >= 15 is 0 Å². The van der Waals surface area contributed by atoms with E-state index in [4.69, 9.17) is 0 Å². The zero-order chi connectivity index (χ0) is 28.7. The van der Waals surface area contributed by atoms with Crippen LogP contribution in [0.1, 0.15) is 6.92 Å². The highest BCUT2D eigenvalue weighted by Crippen LogP contribution is 2.45. The molecule has 0 aromatic heterocycles. The van der Waals surface area contributed by atoms with E-state index in [9.17, 15) is 60.7 Å². The van der Waals surface area contributed by atoms with Crippen LogP contribution in [-0.2, 0) is 20.0 Å². The van der Waals surface area contributed by atoms with Crippen LogP contribution in [0.2, 0.25) is 0 Å². The van der Waals surface area contributed by atoms with Crippen molar-refractivity contribution in [2.75, 3.05) is 0 Å². The van der Waals surface area contributed by atoms with Crippen molar-refractivity contribution in [3.63, 3.8) is 0 Å². The number of ether oxygens (including phenoxy) is 1. The van der Waals surface area contributed by atoms with Crippen LogP contribution in [0.25, 0.3) is 0 Å². The van der Waals surface area contributed by atoms with Crippen LogP contribution in [0.3, 0.4) is 0 Å². The standard InChI is InChI=1S/C18H12F10NO5S3/c1-11(34-12-7-9-14(10-8-12)35-13-5-3-2-4-6-13)29(36(30,31)17(25,26)15(19,20)21)37(32,33)18(27,28)16(22,23)24/h2-10H,1H3/q+1. The van der Waals surface area contributed by atoms with Crippen molar-refractivity contribution in [1.29, 1.82) is 0 Å². The zero-order valence-electron chi connectivity index (χ0n) is 17.7. The summed E-state index contributed by atoms with van der Waals surface area (Å²) in [7, 11) is -15.8. The molecular weight excluding hydrogens is 596 g/mol. The van der Waals surface area contributed by atoms with Crippen LogP contribution in [-0.4, -0.2) is 49.0 Å². The van der Waals surface area contributed by atoms with Gasteiger partial charge in [-0.15, -0.1) is 0 Å². The summed E-state index contributed by atoms with van der Waals surface area (Å²) >= 11 is 1.13. The second-order valence-corrected chi connectivity index (χ2v) is 11.8. The SMILES string of the molecule is CC(Oc1ccc(Sc2ccccc2)cc1)=[N+](S(=O)(=O)C(F)(F)C(F)(F)F)S(=O)(=O)C(F)(F)C(F)(F)F. The minimum absolute atomic E-state index is 0.0133. The summed E-state index contributed by atoms with van der Waals surface area (Å²) in [6.45, 7) is -0.0133. The quantitative estimate of drug-likeness (QED) is 0.176. The second kappa shape index (κ2) is 9.97. The molecule has 0 saturated carbocycles. The Morgan fingerprint density at radius 2 is 1.05 bits per heavy atom. The molecule has 19 heteroatoms. The molecule has 2 rings (SSSR count). The van der Waals surface area contributed by atoms with Gasteiger partial charge in [0.1, 0.15) is 5.75 Å². The number of alkyl halides is 10. The average Bonchev–Trinajstić information content (AvgIpc) is 2.73. The highest BCUT2D eigenvalue weighted by atomic mass is 32.3. The number of halogens is 10. The number of hydrogen-bond donors (Lipinski definition) is 0. The van der Waals surface area contributed by atoms with Crippen molar-refractivity contribution in [3.8, 4) is 5.75 Å². The molecule has 2 aromatic carbocycles. The molecule has 0 atom stereocenters. The molecule has 0 aliphatic carbocycles. The third-order valence-corrected chi connectivity index (χ3v) is 9.41. The van der Waals surface area contributed by atoms with Crippen molar-refractivity contribution in [2.24, 2.45) is 0 Å². The molecule has 0 saturated heterocycles.